The van der Waals surface area contributed by atoms with Gasteiger partial charge in [0.05, 0.1) is 0 Å². The summed E-state index contributed by atoms with van der Waals surface area (Å²) in [6.45, 7) is 0.151. The molecule has 2 aromatic carbocycles. The van der Waals surface area contributed by atoms with Crippen molar-refractivity contribution in [1.29, 1.82) is 0 Å². The average Bonchev–Trinajstić information content (AvgIpc) is 3.58. The van der Waals surface area contributed by atoms with E-state index in [-0.39, 0.29) is 24.4 Å². The van der Waals surface area contributed by atoms with Crippen molar-refractivity contribution in [2.75, 3.05) is 6.61 Å². The van der Waals surface area contributed by atoms with E-state index < -0.39 is 30.1 Å². The highest BCUT2D eigenvalue weighted by atomic mass is 16.7. The van der Waals surface area contributed by atoms with Crippen LogP contribution in [0.2, 0.25) is 0 Å². The van der Waals surface area contributed by atoms with Crippen LogP contribution >= 0.6 is 0 Å². The number of carbonyl (C=O) groups excluding carboxylic acids is 2. The quantitative estimate of drug-likeness (QED) is 0.489. The number of alkyl carbamates (subject to hydrolysis) is 1. The first-order valence-corrected chi connectivity index (χ1v) is 11.8. The van der Waals surface area contributed by atoms with Gasteiger partial charge in [-0.25, -0.2) is 15.1 Å². The van der Waals surface area contributed by atoms with Gasteiger partial charge < -0.3 is 15.2 Å². The van der Waals surface area contributed by atoms with E-state index in [2.05, 4.69) is 22.9 Å². The van der Waals surface area contributed by atoms with Gasteiger partial charge in [0.1, 0.15) is 12.6 Å². The highest BCUT2D eigenvalue weighted by molar-refractivity contribution is 5.86. The zero-order valence-electron chi connectivity index (χ0n) is 18.7. The molecule has 34 heavy (non-hydrogen) atoms. The molecule has 0 bridgehead atoms. The topological polar surface area (TPSA) is 114 Å². The van der Waals surface area contributed by atoms with Gasteiger partial charge >= 0.3 is 12.1 Å². The number of hydroxylamine groups is 1. The number of nitrogens with one attached hydrogen (secondary N) is 2. The molecule has 2 fully saturated rings. The second kappa shape index (κ2) is 9.46. The fourth-order valence-electron chi connectivity index (χ4n) is 4.87. The first-order valence-electron chi connectivity index (χ1n) is 11.8. The van der Waals surface area contributed by atoms with Crippen molar-refractivity contribution in [3.05, 3.63) is 59.7 Å². The lowest BCUT2D eigenvalue weighted by Crippen LogP contribution is -2.53. The third-order valence-electron chi connectivity index (χ3n) is 7.10. The Morgan fingerprint density at radius 3 is 2.06 bits per heavy atom. The van der Waals surface area contributed by atoms with Gasteiger partial charge in [0, 0.05) is 5.92 Å². The second-order valence-corrected chi connectivity index (χ2v) is 9.32. The summed E-state index contributed by atoms with van der Waals surface area (Å²) in [5, 5.41) is 12.0. The summed E-state index contributed by atoms with van der Waals surface area (Å²) in [6, 6.07) is 15.3. The molecule has 0 saturated heterocycles. The van der Waals surface area contributed by atoms with Crippen molar-refractivity contribution < 1.29 is 29.1 Å². The van der Waals surface area contributed by atoms with Crippen LogP contribution in [0.5, 0.6) is 0 Å². The molecule has 8 nitrogen and oxygen atoms in total. The Labute approximate surface area is 197 Å². The van der Waals surface area contributed by atoms with Crippen LogP contribution in [0.15, 0.2) is 48.5 Å². The van der Waals surface area contributed by atoms with E-state index in [1.54, 1.807) is 0 Å². The van der Waals surface area contributed by atoms with Crippen LogP contribution in [-0.2, 0) is 19.2 Å². The highest BCUT2D eigenvalue weighted by Gasteiger charge is 2.40. The Balaban J connectivity index is 1.21. The molecular weight excluding hydrogens is 436 g/mol. The number of rotatable bonds is 9. The van der Waals surface area contributed by atoms with Crippen LogP contribution in [0.1, 0.15) is 49.1 Å². The fourth-order valence-corrected chi connectivity index (χ4v) is 4.87. The molecule has 2 saturated carbocycles. The Bertz CT molecular complexity index is 1050. The van der Waals surface area contributed by atoms with Gasteiger partial charge in [-0.05, 0) is 59.8 Å². The van der Waals surface area contributed by atoms with Crippen LogP contribution in [0.4, 0.5) is 4.79 Å². The van der Waals surface area contributed by atoms with E-state index in [0.29, 0.717) is 0 Å². The van der Waals surface area contributed by atoms with Gasteiger partial charge in [0.25, 0.3) is 5.91 Å². The molecule has 2 unspecified atom stereocenters. The molecule has 0 heterocycles. The van der Waals surface area contributed by atoms with Crippen LogP contribution in [0, 0.1) is 11.8 Å². The number of ether oxygens (including phenoxy) is 1. The maximum atomic E-state index is 12.8. The van der Waals surface area contributed by atoms with Crippen molar-refractivity contribution in [3.8, 4) is 11.1 Å². The zero-order chi connectivity index (χ0) is 23.7. The molecule has 0 spiro atoms. The fraction of sp³-hybridized carbons (Fsp3) is 0.423. The lowest BCUT2D eigenvalue weighted by atomic mass is 9.79. The van der Waals surface area contributed by atoms with Crippen molar-refractivity contribution in [2.24, 2.45) is 11.8 Å². The predicted molar refractivity (Wildman–Crippen MR) is 123 cm³/mol. The van der Waals surface area contributed by atoms with Crippen molar-refractivity contribution in [3.63, 3.8) is 0 Å². The van der Waals surface area contributed by atoms with Crippen LogP contribution in [-0.4, -0.2) is 41.8 Å². The van der Waals surface area contributed by atoms with E-state index in [9.17, 15) is 19.5 Å². The molecule has 3 N–H and O–H groups in total. The smallest absolute Gasteiger partial charge is 0.407 e. The summed E-state index contributed by atoms with van der Waals surface area (Å²) >= 11 is 0. The first kappa shape index (κ1) is 22.4. The molecule has 3 aliphatic rings. The summed E-state index contributed by atoms with van der Waals surface area (Å²) in [5.74, 6) is -1.85. The third-order valence-corrected chi connectivity index (χ3v) is 7.10. The number of carboxylic acids is 1. The normalized spacial score (nSPS) is 18.7. The molecule has 3 aliphatic carbocycles. The second-order valence-electron chi connectivity index (χ2n) is 9.32. The number of amides is 2. The van der Waals surface area contributed by atoms with Crippen molar-refractivity contribution in [2.45, 2.75) is 50.2 Å². The van der Waals surface area contributed by atoms with E-state index >= 15 is 0 Å². The molecule has 5 rings (SSSR count). The van der Waals surface area contributed by atoms with E-state index in [0.717, 1.165) is 54.4 Å². The maximum Gasteiger partial charge on any atom is 0.407 e. The monoisotopic (exact) mass is 464 g/mol. The van der Waals surface area contributed by atoms with E-state index in [1.165, 1.54) is 0 Å². The Hall–Kier alpha value is -3.39. The van der Waals surface area contributed by atoms with E-state index in [4.69, 9.17) is 9.57 Å². The number of carbonyl (C=O) groups is 3. The summed E-state index contributed by atoms with van der Waals surface area (Å²) < 4.78 is 5.59. The SMILES string of the molecule is O=C(NC(C(=O)NOC(C(=O)O)C1CC1)C1CCC1)OCC1c2ccccc2-c2ccccc21. The van der Waals surface area contributed by atoms with Gasteiger partial charge in [-0.1, -0.05) is 55.0 Å². The first-order chi connectivity index (χ1) is 16.5. The van der Waals surface area contributed by atoms with Gasteiger partial charge in [-0.15, -0.1) is 0 Å². The van der Waals surface area contributed by atoms with Gasteiger partial charge in [-0.2, -0.15) is 0 Å². The summed E-state index contributed by atoms with van der Waals surface area (Å²) in [7, 11) is 0. The van der Waals surface area contributed by atoms with E-state index in [1.807, 2.05) is 36.4 Å². The molecule has 0 aliphatic heterocycles. The predicted octanol–water partition coefficient (Wildman–Crippen LogP) is 3.60. The lowest BCUT2D eigenvalue weighted by molar-refractivity contribution is -0.163. The summed E-state index contributed by atoms with van der Waals surface area (Å²) in [6.07, 6.45) is 2.35. The minimum Gasteiger partial charge on any atom is -0.479 e. The standard InChI is InChI=1S/C26H28N2O6/c29-24(28-34-23(25(30)31)16-12-13-16)22(15-6-5-7-15)27-26(32)33-14-21-19-10-3-1-8-17(19)18-9-2-4-11-20(18)21/h1-4,8-11,15-16,21-23H,5-7,12-14H2,(H,27,32)(H,28,29)(H,30,31). The number of aliphatic carboxylic acids is 1. The maximum absolute atomic E-state index is 12.8. The van der Waals surface area contributed by atoms with Gasteiger partial charge in [0.2, 0.25) is 0 Å². The number of fused-ring (bicyclic) bond motifs is 3. The summed E-state index contributed by atoms with van der Waals surface area (Å²) in [5.41, 5.74) is 6.77. The molecular formula is C26H28N2O6. The van der Waals surface area contributed by atoms with Gasteiger partial charge in [-0.3, -0.25) is 9.63 Å². The van der Waals surface area contributed by atoms with Crippen LogP contribution in [0.3, 0.4) is 0 Å². The molecule has 2 amide bonds. The zero-order valence-corrected chi connectivity index (χ0v) is 18.7. The number of benzene rings is 2. The third kappa shape index (κ3) is 4.50. The lowest BCUT2D eigenvalue weighted by Gasteiger charge is -2.33. The van der Waals surface area contributed by atoms with Crippen molar-refractivity contribution in [1.82, 2.24) is 10.8 Å². The Morgan fingerprint density at radius 1 is 0.912 bits per heavy atom. The molecule has 2 atom stereocenters. The Morgan fingerprint density at radius 2 is 1.53 bits per heavy atom. The van der Waals surface area contributed by atoms with Crippen LogP contribution in [0.25, 0.3) is 11.1 Å². The number of hydrogen-bond donors (Lipinski definition) is 3. The average molecular weight is 465 g/mol. The van der Waals surface area contributed by atoms with Gasteiger partial charge in [0.15, 0.2) is 6.10 Å². The molecule has 178 valence electrons. The minimum atomic E-state index is -1.10. The molecule has 0 aromatic heterocycles. The van der Waals surface area contributed by atoms with Crippen LogP contribution < -0.4 is 10.8 Å². The molecule has 0 radical (unpaired) electrons. The Kier molecular flexibility index (Phi) is 6.24. The number of hydrogen-bond acceptors (Lipinski definition) is 5. The largest absolute Gasteiger partial charge is 0.479 e. The van der Waals surface area contributed by atoms with Crippen molar-refractivity contribution >= 4 is 18.0 Å². The summed E-state index contributed by atoms with van der Waals surface area (Å²) in [4.78, 5) is 42.0. The minimum absolute atomic E-state index is 0.0340. The molecule has 8 heteroatoms. The number of carboxylic acid groups (broad SMARTS) is 1. The highest BCUT2D eigenvalue weighted by Crippen LogP contribution is 2.44. The molecule has 2 aromatic rings.